The maximum atomic E-state index is 15.0. The van der Waals surface area contributed by atoms with E-state index in [0.29, 0.717) is 81.2 Å². The van der Waals surface area contributed by atoms with Crippen LogP contribution in [-0.4, -0.2) is 164 Å². The van der Waals surface area contributed by atoms with E-state index in [1.165, 1.54) is 23.3 Å². The highest BCUT2D eigenvalue weighted by atomic mass is 32.2. The van der Waals surface area contributed by atoms with Crippen molar-refractivity contribution in [3.63, 3.8) is 0 Å². The number of pyridine rings is 2. The summed E-state index contributed by atoms with van der Waals surface area (Å²) in [4.78, 5) is 52.2. The molecular formula is C70H89N11O11S. The van der Waals surface area contributed by atoms with Crippen LogP contribution >= 0.6 is 0 Å². The summed E-state index contributed by atoms with van der Waals surface area (Å²) in [6.07, 6.45) is 9.75. The van der Waals surface area contributed by atoms with Gasteiger partial charge in [0, 0.05) is 99.5 Å². The second-order valence-corrected chi connectivity index (χ2v) is 30.4. The number of nitro benzene ring substituents is 1. The highest BCUT2D eigenvalue weighted by molar-refractivity contribution is 7.90. The van der Waals surface area contributed by atoms with Gasteiger partial charge in [0.2, 0.25) is 5.88 Å². The molecule has 9 heterocycles. The van der Waals surface area contributed by atoms with Gasteiger partial charge in [-0.15, -0.1) is 0 Å². The molecule has 93 heavy (non-hydrogen) atoms. The number of benzene rings is 3. The first-order valence-corrected chi connectivity index (χ1v) is 35.1. The van der Waals surface area contributed by atoms with Crippen LogP contribution in [0.3, 0.4) is 0 Å². The number of anilines is 5. The van der Waals surface area contributed by atoms with Gasteiger partial charge in [-0.1, -0.05) is 32.0 Å². The third-order valence-electron chi connectivity index (χ3n) is 21.4. The molecule has 1 amide bonds. The quantitative estimate of drug-likeness (QED) is 0.0520. The van der Waals surface area contributed by atoms with Crippen LogP contribution in [0.25, 0.3) is 11.0 Å². The first-order chi connectivity index (χ1) is 44.7. The number of carbonyl (C=O) groups excluding carboxylic acids is 1. The fourth-order valence-electron chi connectivity index (χ4n) is 16.0. The van der Waals surface area contributed by atoms with Crippen LogP contribution in [0.1, 0.15) is 139 Å². The maximum absolute atomic E-state index is 15.0. The summed E-state index contributed by atoms with van der Waals surface area (Å²) in [5.41, 5.74) is 5.37. The summed E-state index contributed by atoms with van der Waals surface area (Å²) in [5.74, 6) is 2.44. The lowest BCUT2D eigenvalue weighted by Crippen LogP contribution is -2.59. The van der Waals surface area contributed by atoms with Crippen molar-refractivity contribution in [3.05, 3.63) is 118 Å². The number of nitrogens with one attached hydrogen (secondary N) is 3. The molecule has 6 aromatic rings. The number of nitrogens with zero attached hydrogens (tertiary/aromatic N) is 8. The summed E-state index contributed by atoms with van der Waals surface area (Å²) in [5, 5.41) is 27.0. The molecule has 496 valence electrons. The van der Waals surface area contributed by atoms with Gasteiger partial charge in [-0.05, 0) is 163 Å². The molecule has 1 spiro atoms. The van der Waals surface area contributed by atoms with E-state index in [0.717, 1.165) is 131 Å². The Kier molecular flexibility index (Phi) is 17.1. The predicted octanol–water partition coefficient (Wildman–Crippen LogP) is 10.4. The highest BCUT2D eigenvalue weighted by Gasteiger charge is 2.51. The van der Waals surface area contributed by atoms with Crippen LogP contribution in [0.4, 0.5) is 34.3 Å². The number of para-hydroxylation sites is 1. The van der Waals surface area contributed by atoms with Crippen LogP contribution in [0, 0.1) is 21.4 Å². The van der Waals surface area contributed by atoms with E-state index in [1.807, 2.05) is 37.4 Å². The number of piperazine rings is 1. The van der Waals surface area contributed by atoms with Crippen LogP contribution in [0.5, 0.6) is 17.4 Å². The van der Waals surface area contributed by atoms with Crippen LogP contribution in [0.2, 0.25) is 0 Å². The number of ether oxygens (including phenoxy) is 5. The predicted molar refractivity (Wildman–Crippen MR) is 356 cm³/mol. The molecule has 23 heteroatoms. The molecule has 4 atom stereocenters. The number of sulfonamides is 1. The van der Waals surface area contributed by atoms with Gasteiger partial charge in [0.15, 0.2) is 11.6 Å². The standard InChI is InChI=1S/C70H89N11O11S/c1-44(2)91-61-10-8-7-9-52(61)60-41-76(40-48-34-54-63(90-31-23-68(54,4)5)65(73-48)78-29-32-89-42-45(78)3)27-28-79(60)50-37-70(38-50)21-25-77(26-22-70)49-11-13-53(57(35-49)80-56-18-30-88-43-62(56)92-67-59(80)33-47-17-24-71-64(47)74-67)66(82)75-93(86,87)51-12-14-55(58(36-51)81(84)85)72-39-46-15-19-69(6,83)20-16-46/h7-14,17,24,33-36,44-46,50,56,60,62,72,83H,15-16,18-23,25-32,37-43H2,1-6H3,(H,71,74)(H,75,82)/t45-,46-,56-,60+,62-,69-/m0/s1. The Morgan fingerprint density at radius 1 is 0.882 bits per heavy atom. The number of aliphatic hydroxyl groups is 1. The average molecular weight is 1290 g/mol. The number of H-pyrrole nitrogens is 1. The van der Waals surface area contributed by atoms with Crippen molar-refractivity contribution in [3.8, 4) is 17.4 Å². The van der Waals surface area contributed by atoms with E-state index in [4.69, 9.17) is 33.7 Å². The number of nitro groups is 1. The summed E-state index contributed by atoms with van der Waals surface area (Å²) < 4.78 is 62.6. The lowest BCUT2D eigenvalue weighted by atomic mass is 9.59. The lowest BCUT2D eigenvalue weighted by Gasteiger charge is -2.58. The molecule has 2 saturated carbocycles. The molecule has 3 aromatic carbocycles. The second kappa shape index (κ2) is 25.1. The Morgan fingerprint density at radius 2 is 1.68 bits per heavy atom. The van der Waals surface area contributed by atoms with Gasteiger partial charge in [0.05, 0.1) is 83.0 Å². The molecule has 8 aliphatic rings. The van der Waals surface area contributed by atoms with Crippen molar-refractivity contribution in [2.45, 2.75) is 165 Å². The summed E-state index contributed by atoms with van der Waals surface area (Å²) in [6.45, 7) is 21.7. The molecule has 6 fully saturated rings. The minimum atomic E-state index is -4.66. The van der Waals surface area contributed by atoms with Crippen molar-refractivity contribution < 1.29 is 46.9 Å². The summed E-state index contributed by atoms with van der Waals surface area (Å²) >= 11 is 0. The number of fused-ring (bicyclic) bond motifs is 4. The molecule has 2 aliphatic carbocycles. The monoisotopic (exact) mass is 1290 g/mol. The Morgan fingerprint density at radius 3 is 2.46 bits per heavy atom. The van der Waals surface area contributed by atoms with Gasteiger partial charge in [0.1, 0.15) is 28.9 Å². The Balaban J connectivity index is 0.716. The van der Waals surface area contributed by atoms with E-state index < -0.39 is 43.1 Å². The molecule has 3 aromatic heterocycles. The van der Waals surface area contributed by atoms with E-state index in [2.05, 4.69) is 104 Å². The normalized spacial score (nSPS) is 25.7. The number of morpholine rings is 1. The Hall–Kier alpha value is -7.28. The zero-order valence-corrected chi connectivity index (χ0v) is 55.2. The van der Waals surface area contributed by atoms with Crippen molar-refractivity contribution >= 4 is 61.2 Å². The largest absolute Gasteiger partial charge is 0.491 e. The van der Waals surface area contributed by atoms with Gasteiger partial charge >= 0.3 is 0 Å². The third-order valence-corrected chi connectivity index (χ3v) is 22.8. The minimum absolute atomic E-state index is 0.0168. The fraction of sp³-hybridized carbons (Fsp3) is 0.557. The van der Waals surface area contributed by atoms with Crippen molar-refractivity contribution in [2.24, 2.45) is 11.3 Å². The van der Waals surface area contributed by atoms with Crippen LogP contribution in [0.15, 0.2) is 90.0 Å². The van der Waals surface area contributed by atoms with E-state index >= 15 is 0 Å². The molecule has 6 aliphatic heterocycles. The first-order valence-electron chi connectivity index (χ1n) is 33.6. The van der Waals surface area contributed by atoms with Gasteiger partial charge in [0.25, 0.3) is 21.6 Å². The topological polar surface area (TPSA) is 243 Å². The lowest BCUT2D eigenvalue weighted by molar-refractivity contribution is -0.384. The average Bonchev–Trinajstić information content (AvgIpc) is 1.38. The molecular weight excluding hydrogens is 1200 g/mol. The van der Waals surface area contributed by atoms with E-state index in [1.54, 1.807) is 6.07 Å². The number of carbonyl (C=O) groups is 1. The molecule has 4 saturated heterocycles. The van der Waals surface area contributed by atoms with Gasteiger partial charge < -0.3 is 53.8 Å². The molecule has 0 radical (unpaired) electrons. The zero-order chi connectivity index (χ0) is 64.6. The van der Waals surface area contributed by atoms with Crippen molar-refractivity contribution in [1.82, 2.24) is 29.5 Å². The van der Waals surface area contributed by atoms with Crippen LogP contribution < -0.4 is 38.9 Å². The fourth-order valence-corrected chi connectivity index (χ4v) is 17.0. The molecule has 22 nitrogen and oxygen atoms in total. The third kappa shape index (κ3) is 12.7. The first kappa shape index (κ1) is 63.1. The van der Waals surface area contributed by atoms with Crippen LogP contribution in [-0.2, 0) is 31.5 Å². The minimum Gasteiger partial charge on any atom is -0.491 e. The summed E-state index contributed by atoms with van der Waals surface area (Å²) in [6, 6.07) is 24.4. The molecule has 14 rings (SSSR count). The van der Waals surface area contributed by atoms with Gasteiger partial charge in [-0.3, -0.25) is 24.7 Å². The number of aromatic nitrogens is 3. The molecule has 0 bridgehead atoms. The smallest absolute Gasteiger partial charge is 0.293 e. The van der Waals surface area contributed by atoms with E-state index in [-0.39, 0.29) is 58.8 Å². The zero-order valence-electron chi connectivity index (χ0n) is 54.4. The number of piperidine rings is 1. The SMILES string of the molecule is CC(C)Oc1ccccc1[C@H]1CN(Cc2cc3c(c(N4CCOC[C@@H]4C)n2)OCCC3(C)C)CCN1C1CC2(CCN(c3ccc(C(=O)NS(=O)(=O)c4ccc(NC[C@H]5CC[C@](C)(O)CC5)c([N+](=O)[O-])c4)c(N4c5cc6cc[nH]c6nc5O[C@H]5COCC[C@@H]54)c3)CC2)C1. The maximum Gasteiger partial charge on any atom is 0.293 e. The van der Waals surface area contributed by atoms with Gasteiger partial charge in [-0.2, -0.15) is 4.98 Å². The molecule has 4 N–H and O–H groups in total. The highest BCUT2D eigenvalue weighted by Crippen LogP contribution is 2.55. The van der Waals surface area contributed by atoms with E-state index in [9.17, 15) is 28.4 Å². The Bertz CT molecular complexity index is 3890. The number of rotatable bonds is 16. The van der Waals surface area contributed by atoms with Crippen molar-refractivity contribution in [1.29, 1.82) is 0 Å². The molecule has 0 unspecified atom stereocenters. The number of amides is 1. The Labute approximate surface area is 544 Å². The second-order valence-electron chi connectivity index (χ2n) is 28.7. The number of aromatic amines is 1. The number of hydrogen-bond acceptors (Lipinski definition) is 19. The number of hydrogen-bond donors (Lipinski definition) is 4. The summed E-state index contributed by atoms with van der Waals surface area (Å²) in [7, 11) is -4.66. The van der Waals surface area contributed by atoms with Gasteiger partial charge in [-0.25, -0.2) is 18.1 Å². The van der Waals surface area contributed by atoms with Crippen molar-refractivity contribution in [2.75, 3.05) is 98.9 Å².